The Morgan fingerprint density at radius 2 is 1.06 bits per heavy atom. The molecule has 0 spiro atoms. The highest BCUT2D eigenvalue weighted by atomic mass is 35.5. The fourth-order valence-electron chi connectivity index (χ4n) is 12.3. The minimum Gasteiger partial charge on any atom is -0.317 e. The van der Waals surface area contributed by atoms with Gasteiger partial charge in [-0.2, -0.15) is 0 Å². The first-order valence-electron chi connectivity index (χ1n) is 24.9. The Labute approximate surface area is 412 Å². The van der Waals surface area contributed by atoms with E-state index < -0.39 is 0 Å². The summed E-state index contributed by atoms with van der Waals surface area (Å²) in [5.41, 5.74) is 19.2. The highest BCUT2D eigenvalue weighted by Crippen LogP contribution is 2.47. The average Bonchev–Trinajstić information content (AvgIpc) is 3.70. The molecule has 0 saturated carbocycles. The molecule has 2 atom stereocenters. The molecule has 3 aromatic heterocycles. The number of nitrogens with zero attached hydrogens (tertiary/aromatic N) is 3. The summed E-state index contributed by atoms with van der Waals surface area (Å²) in [7, 11) is 0. The zero-order valence-corrected chi connectivity index (χ0v) is 41.1. The molecule has 6 nitrogen and oxygen atoms in total. The maximum absolute atomic E-state index is 6.29. The van der Waals surface area contributed by atoms with Crippen LogP contribution in [0.15, 0.2) is 115 Å². The summed E-state index contributed by atoms with van der Waals surface area (Å²) < 4.78 is 0. The summed E-state index contributed by atoms with van der Waals surface area (Å²) in [5.74, 6) is 1.72. The normalized spacial score (nSPS) is 21.4. The summed E-state index contributed by atoms with van der Waals surface area (Å²) in [6.45, 7) is 8.97. The van der Waals surface area contributed by atoms with Gasteiger partial charge in [0.15, 0.2) is 0 Å². The van der Waals surface area contributed by atoms with Crippen LogP contribution in [0.4, 0.5) is 0 Å². The number of hydrogen-bond acceptors (Lipinski definition) is 6. The van der Waals surface area contributed by atoms with Crippen molar-refractivity contribution in [1.82, 2.24) is 30.9 Å². The zero-order chi connectivity index (χ0) is 45.7. The van der Waals surface area contributed by atoms with Gasteiger partial charge in [0.1, 0.15) is 0 Å². The molecule has 3 aliphatic heterocycles. The van der Waals surface area contributed by atoms with Crippen LogP contribution in [0.5, 0.6) is 0 Å². The van der Waals surface area contributed by atoms with Crippen molar-refractivity contribution in [3.05, 3.63) is 197 Å². The Hall–Kier alpha value is -4.40. The lowest BCUT2D eigenvalue weighted by molar-refractivity contribution is 0.260. The molecule has 6 heterocycles. The maximum Gasteiger partial charge on any atom is 0.0739 e. The third-order valence-electron chi connectivity index (χ3n) is 15.7. The van der Waals surface area contributed by atoms with Gasteiger partial charge in [0.25, 0.3) is 0 Å². The predicted octanol–water partition coefficient (Wildman–Crippen LogP) is 12.1. The molecule has 3 fully saturated rings. The predicted molar refractivity (Wildman–Crippen MR) is 277 cm³/mol. The van der Waals surface area contributed by atoms with Crippen LogP contribution < -0.4 is 16.0 Å². The number of aromatic nitrogens is 3. The van der Waals surface area contributed by atoms with Gasteiger partial charge >= 0.3 is 0 Å². The van der Waals surface area contributed by atoms with Gasteiger partial charge in [0.05, 0.1) is 17.1 Å². The third kappa shape index (κ3) is 9.91. The van der Waals surface area contributed by atoms with E-state index in [0.717, 1.165) is 106 Å². The quantitative estimate of drug-likeness (QED) is 0.161. The summed E-state index contributed by atoms with van der Waals surface area (Å²) in [6.07, 6.45) is 19.2. The standard InChI is InChI=1S/C20H23ClN2.C19H21ClN2.C19H19ClN2/c1-20(16-8-11-22-12-9-16)18-7-6-17(21)13-15(18)5-4-14-3-2-10-23-19(14)20;2*20-16-5-6-17-15(12-16)4-3-14-2-1-9-22-19(14)18(17)13-7-10-21-11-8-13/h2-3,6-7,10,13,16,22H,4-5,8-9,11-12H2,1H3;1-2,5-6,9,12-13,18,21H,3-4,7-8,10-11H2;1-2,5-6,9,12,21H,3-4,7-8,10-11H2. The van der Waals surface area contributed by atoms with E-state index >= 15 is 0 Å². The number of benzene rings is 3. The number of aryl methyl sites for hydroxylation is 6. The summed E-state index contributed by atoms with van der Waals surface area (Å²) in [6, 6.07) is 32.2. The van der Waals surface area contributed by atoms with Crippen LogP contribution in [0.3, 0.4) is 0 Å². The van der Waals surface area contributed by atoms with Gasteiger partial charge in [-0.15, -0.1) is 0 Å². The number of hydrogen-bond donors (Lipinski definition) is 3. The van der Waals surface area contributed by atoms with Crippen molar-refractivity contribution in [3.8, 4) is 0 Å². The lowest BCUT2D eigenvalue weighted by atomic mass is 9.65. The Morgan fingerprint density at radius 3 is 1.84 bits per heavy atom. The van der Waals surface area contributed by atoms with Crippen LogP contribution in [0, 0.1) is 11.8 Å². The minimum absolute atomic E-state index is 0.0187. The van der Waals surface area contributed by atoms with Crippen LogP contribution in [-0.4, -0.2) is 54.2 Å². The number of rotatable bonds is 2. The van der Waals surface area contributed by atoms with Crippen LogP contribution in [0.2, 0.25) is 15.1 Å². The molecule has 6 aromatic rings. The lowest BCUT2D eigenvalue weighted by Crippen LogP contribution is -2.41. The zero-order valence-electron chi connectivity index (χ0n) is 38.8. The SMILES string of the molecule is CC1(C2CCNCC2)c2ccc(Cl)cc2CCc2cccnc21.Clc1ccc2c(c1)CCc1cccnc1C2=C1CCNCC1.Clc1ccc2c(c1)CCc1cccnc1C2C1CCNCC1. The van der Waals surface area contributed by atoms with Crippen molar-refractivity contribution in [2.45, 2.75) is 95.3 Å². The van der Waals surface area contributed by atoms with Crippen molar-refractivity contribution in [2.24, 2.45) is 11.8 Å². The molecule has 0 radical (unpaired) electrons. The number of nitrogens with one attached hydrogen (secondary N) is 3. The topological polar surface area (TPSA) is 74.8 Å². The van der Waals surface area contributed by atoms with E-state index in [-0.39, 0.29) is 5.41 Å². The van der Waals surface area contributed by atoms with Gasteiger partial charge in [-0.3, -0.25) is 15.0 Å². The van der Waals surface area contributed by atoms with Gasteiger partial charge in [-0.05, 0) is 240 Å². The highest BCUT2D eigenvalue weighted by Gasteiger charge is 2.43. The Kier molecular flexibility index (Phi) is 14.6. The molecule has 3 aromatic carbocycles. The summed E-state index contributed by atoms with van der Waals surface area (Å²) >= 11 is 18.8. The van der Waals surface area contributed by atoms with Crippen molar-refractivity contribution < 1.29 is 0 Å². The molecular weight excluding hydrogens is 887 g/mol. The van der Waals surface area contributed by atoms with Crippen molar-refractivity contribution in [3.63, 3.8) is 0 Å². The number of piperidine rings is 3. The second kappa shape index (κ2) is 21.1. The van der Waals surface area contributed by atoms with Gasteiger partial charge in [-0.1, -0.05) is 76.8 Å². The van der Waals surface area contributed by atoms with E-state index in [1.165, 1.54) is 104 Å². The second-order valence-electron chi connectivity index (χ2n) is 19.5. The smallest absolute Gasteiger partial charge is 0.0739 e. The second-order valence-corrected chi connectivity index (χ2v) is 20.8. The molecule has 0 amide bonds. The van der Waals surface area contributed by atoms with Crippen LogP contribution in [-0.2, 0) is 43.9 Å². The van der Waals surface area contributed by atoms with Crippen molar-refractivity contribution in [1.29, 1.82) is 0 Å². The Balaban J connectivity index is 0.000000118. The molecule has 346 valence electrons. The lowest BCUT2D eigenvalue weighted by Gasteiger charge is -2.41. The molecule has 0 bridgehead atoms. The Morgan fingerprint density at radius 1 is 0.507 bits per heavy atom. The molecule has 9 heteroatoms. The first-order chi connectivity index (χ1) is 32.8. The third-order valence-corrected chi connectivity index (χ3v) is 16.4. The van der Waals surface area contributed by atoms with Crippen LogP contribution in [0.25, 0.3) is 5.57 Å². The van der Waals surface area contributed by atoms with Gasteiger partial charge in [0, 0.05) is 50.6 Å². The molecule has 3 saturated heterocycles. The summed E-state index contributed by atoms with van der Waals surface area (Å²) in [5, 5.41) is 13.0. The first-order valence-corrected chi connectivity index (χ1v) is 26.0. The van der Waals surface area contributed by atoms with E-state index in [4.69, 9.17) is 49.8 Å². The fourth-order valence-corrected chi connectivity index (χ4v) is 12.9. The van der Waals surface area contributed by atoms with E-state index in [2.05, 4.69) is 89.6 Å². The van der Waals surface area contributed by atoms with Gasteiger partial charge in [0.2, 0.25) is 0 Å². The van der Waals surface area contributed by atoms with E-state index in [9.17, 15) is 0 Å². The van der Waals surface area contributed by atoms with Crippen molar-refractivity contribution in [2.75, 3.05) is 39.3 Å². The van der Waals surface area contributed by atoms with Crippen molar-refractivity contribution >= 4 is 40.4 Å². The van der Waals surface area contributed by atoms with Crippen LogP contribution >= 0.6 is 34.8 Å². The first kappa shape index (κ1) is 46.3. The Bertz CT molecular complexity index is 2730. The minimum atomic E-state index is -0.0187. The summed E-state index contributed by atoms with van der Waals surface area (Å²) in [4.78, 5) is 14.4. The van der Waals surface area contributed by atoms with Gasteiger partial charge in [-0.25, -0.2) is 0 Å². The monoisotopic (exact) mass is 948 g/mol. The number of fused-ring (bicyclic) bond motifs is 6. The molecule has 6 aliphatic rings. The molecule has 12 rings (SSSR count). The number of pyridine rings is 3. The van der Waals surface area contributed by atoms with Crippen LogP contribution in [0.1, 0.15) is 119 Å². The highest BCUT2D eigenvalue weighted by molar-refractivity contribution is 6.31. The maximum atomic E-state index is 6.29. The van der Waals surface area contributed by atoms with E-state index in [1.54, 1.807) is 0 Å². The molecule has 67 heavy (non-hydrogen) atoms. The molecule has 3 N–H and O–H groups in total. The van der Waals surface area contributed by atoms with E-state index in [0.29, 0.717) is 17.8 Å². The molecular formula is C58H63Cl3N6. The number of halogens is 3. The van der Waals surface area contributed by atoms with Gasteiger partial charge < -0.3 is 16.0 Å². The largest absolute Gasteiger partial charge is 0.317 e. The molecule has 3 aliphatic carbocycles. The fraction of sp³-hybridized carbons (Fsp3) is 0.397. The van der Waals surface area contributed by atoms with E-state index in [1.807, 2.05) is 42.9 Å². The average molecular weight is 951 g/mol. The molecule has 2 unspecified atom stereocenters.